The summed E-state index contributed by atoms with van der Waals surface area (Å²) in [5, 5.41) is 0. The quantitative estimate of drug-likeness (QED) is 0.353. The van der Waals surface area contributed by atoms with Gasteiger partial charge in [0.15, 0.2) is 0 Å². The fourth-order valence-electron chi connectivity index (χ4n) is 5.45. The van der Waals surface area contributed by atoms with Gasteiger partial charge in [-0.1, -0.05) is 84.9 Å². The Hall–Kier alpha value is -3.32. The third-order valence-corrected chi connectivity index (χ3v) is 6.45. The lowest BCUT2D eigenvalue weighted by atomic mass is 9.75. The lowest BCUT2D eigenvalue weighted by Gasteiger charge is -2.48. The van der Waals surface area contributed by atoms with E-state index in [2.05, 4.69) is 89.8 Å². The molecule has 4 aromatic carbocycles. The summed E-state index contributed by atoms with van der Waals surface area (Å²) < 4.78 is 0. The minimum atomic E-state index is 0.250. The van der Waals surface area contributed by atoms with Crippen molar-refractivity contribution < 1.29 is 0 Å². The first-order chi connectivity index (χ1) is 13.4. The fraction of sp³-hybridized carbons (Fsp3) is 0.0769. The van der Waals surface area contributed by atoms with E-state index in [1.54, 1.807) is 0 Å². The van der Waals surface area contributed by atoms with Crippen molar-refractivity contribution in [2.75, 3.05) is 4.90 Å². The van der Waals surface area contributed by atoms with E-state index in [0.717, 1.165) is 6.42 Å². The molecule has 0 saturated carbocycles. The summed E-state index contributed by atoms with van der Waals surface area (Å²) in [5.41, 5.74) is 14.0. The molecular weight excluding hydrogens is 326 g/mol. The molecule has 0 bridgehead atoms. The largest absolute Gasteiger partial charge is 0.328 e. The molecule has 0 fully saturated rings. The number of rotatable bonds is 0. The maximum Gasteiger partial charge on any atom is 0.0857 e. The van der Waals surface area contributed by atoms with Crippen molar-refractivity contribution in [1.29, 1.82) is 0 Å². The Balaban J connectivity index is 1.70. The number of anilines is 2. The Bertz CT molecular complexity index is 1170. The maximum absolute atomic E-state index is 2.63. The molecule has 0 aliphatic carbocycles. The van der Waals surface area contributed by atoms with Crippen LogP contribution in [0.4, 0.5) is 11.4 Å². The topological polar surface area (TPSA) is 3.24 Å². The van der Waals surface area contributed by atoms with E-state index in [-0.39, 0.29) is 6.04 Å². The average molecular weight is 343 g/mol. The zero-order valence-electron chi connectivity index (χ0n) is 14.8. The molecule has 3 heterocycles. The molecule has 0 saturated heterocycles. The smallest absolute Gasteiger partial charge is 0.0857 e. The molecule has 1 nitrogen and oxygen atoms in total. The first kappa shape index (κ1) is 13.8. The normalized spacial score (nSPS) is 15.0. The van der Waals surface area contributed by atoms with Crippen molar-refractivity contribution in [3.8, 4) is 22.3 Å². The zero-order valence-corrected chi connectivity index (χ0v) is 14.8. The predicted molar refractivity (Wildman–Crippen MR) is 111 cm³/mol. The van der Waals surface area contributed by atoms with Gasteiger partial charge < -0.3 is 4.90 Å². The molecule has 0 amide bonds. The van der Waals surface area contributed by atoms with E-state index < -0.39 is 0 Å². The number of fused-ring (bicyclic) bond motifs is 6. The summed E-state index contributed by atoms with van der Waals surface area (Å²) in [6.45, 7) is 0. The third kappa shape index (κ3) is 1.57. The van der Waals surface area contributed by atoms with E-state index in [9.17, 15) is 0 Å². The lowest BCUT2D eigenvalue weighted by molar-refractivity contribution is 0.781. The number of hydrogen-bond acceptors (Lipinski definition) is 1. The highest BCUT2D eigenvalue weighted by atomic mass is 15.2. The maximum atomic E-state index is 2.63. The van der Waals surface area contributed by atoms with E-state index in [0.29, 0.717) is 0 Å². The van der Waals surface area contributed by atoms with Crippen LogP contribution in [-0.4, -0.2) is 0 Å². The minimum Gasteiger partial charge on any atom is -0.328 e. The molecule has 126 valence electrons. The number of benzene rings is 4. The third-order valence-electron chi connectivity index (χ3n) is 6.45. The van der Waals surface area contributed by atoms with E-state index in [1.165, 1.54) is 55.9 Å². The van der Waals surface area contributed by atoms with Crippen molar-refractivity contribution >= 4 is 11.4 Å². The molecule has 0 N–H and O–H groups in total. The standard InChI is InChI=1S/C26H17N/c1-3-11-22-18(9-1)20-13-5-7-16-15-17-8-6-14-21-19-10-2-4-12-23(19)26(22)27(24(16)20)25(17)21/h1-14,26H,15H2. The van der Waals surface area contributed by atoms with Crippen LogP contribution in [0, 0.1) is 0 Å². The van der Waals surface area contributed by atoms with Crippen molar-refractivity contribution in [3.63, 3.8) is 0 Å². The Morgan fingerprint density at radius 1 is 0.519 bits per heavy atom. The second kappa shape index (κ2) is 4.69. The van der Waals surface area contributed by atoms with Crippen molar-refractivity contribution in [2.45, 2.75) is 12.5 Å². The van der Waals surface area contributed by atoms with Crippen molar-refractivity contribution in [2.24, 2.45) is 0 Å². The van der Waals surface area contributed by atoms with Crippen LogP contribution in [-0.2, 0) is 6.42 Å². The summed E-state index contributed by atoms with van der Waals surface area (Å²) >= 11 is 0. The Morgan fingerprint density at radius 2 is 1.00 bits per heavy atom. The van der Waals surface area contributed by atoms with Crippen molar-refractivity contribution in [1.82, 2.24) is 0 Å². The second-order valence-electron chi connectivity index (χ2n) is 7.75. The molecule has 3 aliphatic rings. The summed E-state index contributed by atoms with van der Waals surface area (Å²) in [6.07, 6.45) is 1.01. The Kier molecular flexibility index (Phi) is 2.40. The highest BCUT2D eigenvalue weighted by molar-refractivity contribution is 6.00. The van der Waals surface area contributed by atoms with Gasteiger partial charge in [-0.25, -0.2) is 0 Å². The van der Waals surface area contributed by atoms with Crippen LogP contribution in [0.3, 0.4) is 0 Å². The summed E-state index contributed by atoms with van der Waals surface area (Å²) in [6, 6.07) is 31.8. The SMILES string of the molecule is c1ccc2c(c1)-c1cccc3c1N1c4c(cccc4-c4ccccc4C21)C3. The predicted octanol–water partition coefficient (Wildman–Crippen LogP) is 6.48. The molecule has 0 atom stereocenters. The number of nitrogens with zero attached hydrogens (tertiary/aromatic N) is 1. The number of para-hydroxylation sites is 2. The van der Waals surface area contributed by atoms with Crippen LogP contribution < -0.4 is 4.90 Å². The van der Waals surface area contributed by atoms with Gasteiger partial charge in [0, 0.05) is 17.5 Å². The van der Waals surface area contributed by atoms with Gasteiger partial charge in [0.25, 0.3) is 0 Å². The van der Waals surface area contributed by atoms with Gasteiger partial charge in [0.1, 0.15) is 0 Å². The second-order valence-corrected chi connectivity index (χ2v) is 7.75. The highest BCUT2D eigenvalue weighted by Crippen LogP contribution is 2.60. The average Bonchev–Trinajstić information content (AvgIpc) is 2.74. The molecule has 0 radical (unpaired) electrons. The molecule has 7 rings (SSSR count). The van der Waals surface area contributed by atoms with Crippen LogP contribution in [0.2, 0.25) is 0 Å². The minimum absolute atomic E-state index is 0.250. The molecular formula is C26H17N. The van der Waals surface area contributed by atoms with Crippen LogP contribution in [0.5, 0.6) is 0 Å². The molecule has 1 heteroatoms. The summed E-state index contributed by atoms with van der Waals surface area (Å²) in [5.74, 6) is 0. The van der Waals surface area contributed by atoms with E-state index >= 15 is 0 Å². The molecule has 0 spiro atoms. The summed E-state index contributed by atoms with van der Waals surface area (Å²) in [4.78, 5) is 2.63. The van der Waals surface area contributed by atoms with Gasteiger partial charge in [-0.05, 0) is 33.4 Å². The van der Waals surface area contributed by atoms with Crippen LogP contribution in [0.15, 0.2) is 84.9 Å². The van der Waals surface area contributed by atoms with Crippen molar-refractivity contribution in [3.05, 3.63) is 107 Å². The fourth-order valence-corrected chi connectivity index (χ4v) is 5.45. The highest BCUT2D eigenvalue weighted by Gasteiger charge is 2.42. The van der Waals surface area contributed by atoms with Gasteiger partial charge in [-0.2, -0.15) is 0 Å². The van der Waals surface area contributed by atoms with Crippen LogP contribution in [0.25, 0.3) is 22.3 Å². The van der Waals surface area contributed by atoms with Gasteiger partial charge in [0.05, 0.1) is 17.4 Å². The Labute approximate surface area is 158 Å². The molecule has 27 heavy (non-hydrogen) atoms. The van der Waals surface area contributed by atoms with Gasteiger partial charge in [0.2, 0.25) is 0 Å². The monoisotopic (exact) mass is 343 g/mol. The molecule has 4 aromatic rings. The first-order valence-electron chi connectivity index (χ1n) is 9.63. The number of hydrogen-bond donors (Lipinski definition) is 0. The zero-order chi connectivity index (χ0) is 17.5. The van der Waals surface area contributed by atoms with Crippen LogP contribution in [0.1, 0.15) is 28.3 Å². The first-order valence-corrected chi connectivity index (χ1v) is 9.63. The Morgan fingerprint density at radius 3 is 1.56 bits per heavy atom. The molecule has 0 aromatic heterocycles. The van der Waals surface area contributed by atoms with Gasteiger partial charge >= 0.3 is 0 Å². The van der Waals surface area contributed by atoms with E-state index in [4.69, 9.17) is 0 Å². The molecule has 3 aliphatic heterocycles. The van der Waals surface area contributed by atoms with Gasteiger partial charge in [-0.3, -0.25) is 0 Å². The lowest BCUT2D eigenvalue weighted by Crippen LogP contribution is -2.35. The summed E-state index contributed by atoms with van der Waals surface area (Å²) in [7, 11) is 0. The molecule has 0 unspecified atom stereocenters. The van der Waals surface area contributed by atoms with Crippen LogP contribution >= 0.6 is 0 Å². The van der Waals surface area contributed by atoms with E-state index in [1.807, 2.05) is 0 Å². The van der Waals surface area contributed by atoms with Gasteiger partial charge in [-0.15, -0.1) is 0 Å².